The number of nitrogens with two attached hydrogens (primary N) is 1. The molecule has 1 fully saturated rings. The number of hydrogen-bond donors (Lipinski definition) is 3. The van der Waals surface area contributed by atoms with Gasteiger partial charge in [0, 0.05) is 19.5 Å². The van der Waals surface area contributed by atoms with E-state index in [9.17, 15) is 37.5 Å². The number of carbonyl (C=O) groups is 2. The molecule has 10 nitrogen and oxygen atoms in total. The van der Waals surface area contributed by atoms with Crippen molar-refractivity contribution in [2.75, 3.05) is 6.61 Å². The number of alkyl halides is 3. The van der Waals surface area contributed by atoms with Crippen LogP contribution in [-0.4, -0.2) is 57.4 Å². The number of nitrogens with one attached hydrogen (secondary N) is 1. The van der Waals surface area contributed by atoms with E-state index in [0.717, 1.165) is 17.7 Å². The third kappa shape index (κ3) is 5.31. The Kier molecular flexibility index (Phi) is 6.62. The fourth-order valence-electron chi connectivity index (χ4n) is 2.56. The Morgan fingerprint density at radius 1 is 1.48 bits per heavy atom. The molecule has 1 aliphatic heterocycles. The number of aliphatic hydroxyl groups is 1. The Bertz CT molecular complexity index is 973. The molecule has 2 heterocycles. The molecule has 1 saturated heterocycles. The lowest BCUT2D eigenvalue weighted by Gasteiger charge is -2.15. The van der Waals surface area contributed by atoms with Crippen LogP contribution in [0.1, 0.15) is 25.1 Å². The minimum Gasteiger partial charge on any atom is -0.460 e. The molecule has 1 aliphatic rings. The predicted octanol–water partition coefficient (Wildman–Crippen LogP) is -1.44. The van der Waals surface area contributed by atoms with Gasteiger partial charge in [-0.05, 0) is 0 Å². The normalized spacial score (nSPS) is 22.5. The second-order valence-corrected chi connectivity index (χ2v) is 6.01. The zero-order valence-corrected chi connectivity index (χ0v) is 14.9. The number of esters is 1. The molecule has 0 aromatic carbocycles. The Morgan fingerprint density at radius 2 is 2.14 bits per heavy atom. The first-order valence-electron chi connectivity index (χ1n) is 8.11. The first kappa shape index (κ1) is 22.3. The van der Waals surface area contributed by atoms with Gasteiger partial charge in [-0.25, -0.2) is 4.79 Å². The van der Waals surface area contributed by atoms with Gasteiger partial charge in [-0.1, -0.05) is 11.8 Å². The van der Waals surface area contributed by atoms with Crippen LogP contribution >= 0.6 is 0 Å². The van der Waals surface area contributed by atoms with E-state index < -0.39 is 65.8 Å². The van der Waals surface area contributed by atoms with Crippen molar-refractivity contribution in [3.63, 3.8) is 0 Å². The van der Waals surface area contributed by atoms with E-state index in [2.05, 4.69) is 0 Å². The summed E-state index contributed by atoms with van der Waals surface area (Å²) < 4.78 is 48.3. The highest BCUT2D eigenvalue weighted by molar-refractivity contribution is 5.91. The topological polar surface area (TPSA) is 154 Å². The predicted molar refractivity (Wildman–Crippen MR) is 88.4 cm³/mol. The monoisotopic (exact) mass is 419 g/mol. The van der Waals surface area contributed by atoms with Crippen LogP contribution in [0.2, 0.25) is 0 Å². The number of Topliss-reactive ketones (excluding diaryl/α,β-unsaturated/α-hetero) is 1. The van der Waals surface area contributed by atoms with Crippen molar-refractivity contribution in [3.8, 4) is 11.8 Å². The average molecular weight is 419 g/mol. The summed E-state index contributed by atoms with van der Waals surface area (Å²) in [4.78, 5) is 48.0. The van der Waals surface area contributed by atoms with Gasteiger partial charge in [0.25, 0.3) is 11.3 Å². The van der Waals surface area contributed by atoms with Crippen LogP contribution in [0.5, 0.6) is 0 Å². The van der Waals surface area contributed by atoms with E-state index in [-0.39, 0.29) is 6.42 Å². The number of hydrogen-bond acceptors (Lipinski definition) is 8. The number of ether oxygens (including phenoxy) is 2. The van der Waals surface area contributed by atoms with Gasteiger partial charge in [-0.2, -0.15) is 13.2 Å². The highest BCUT2D eigenvalue weighted by atomic mass is 19.4. The van der Waals surface area contributed by atoms with E-state index in [1.807, 2.05) is 16.8 Å². The third-order valence-electron chi connectivity index (χ3n) is 3.88. The number of aromatic nitrogens is 2. The van der Waals surface area contributed by atoms with Crippen LogP contribution in [0.3, 0.4) is 0 Å². The summed E-state index contributed by atoms with van der Waals surface area (Å²) in [6, 6.07) is -2.22. The number of aromatic amines is 1. The molecular weight excluding hydrogens is 403 g/mol. The van der Waals surface area contributed by atoms with E-state index >= 15 is 0 Å². The minimum absolute atomic E-state index is 0.0459. The summed E-state index contributed by atoms with van der Waals surface area (Å²) in [5.74, 6) is 0.921. The zero-order valence-electron chi connectivity index (χ0n) is 14.9. The summed E-state index contributed by atoms with van der Waals surface area (Å²) in [6.07, 6.45) is -7.19. The summed E-state index contributed by atoms with van der Waals surface area (Å²) >= 11 is 0. The molecule has 13 heteroatoms. The van der Waals surface area contributed by atoms with E-state index in [0.29, 0.717) is 0 Å². The van der Waals surface area contributed by atoms with Crippen LogP contribution in [0.15, 0.2) is 15.8 Å². The molecule has 0 radical (unpaired) electrons. The Hall–Kier alpha value is -2.95. The third-order valence-corrected chi connectivity index (χ3v) is 3.88. The summed E-state index contributed by atoms with van der Waals surface area (Å²) in [5, 5.41) is 9.32. The van der Waals surface area contributed by atoms with Crippen molar-refractivity contribution in [1.29, 1.82) is 0 Å². The van der Waals surface area contributed by atoms with Gasteiger partial charge in [-0.3, -0.25) is 23.9 Å². The van der Waals surface area contributed by atoms with Crippen molar-refractivity contribution >= 4 is 11.8 Å². The van der Waals surface area contributed by atoms with E-state index in [1.54, 1.807) is 0 Å². The molecule has 0 spiro atoms. The molecule has 0 amide bonds. The highest BCUT2D eigenvalue weighted by Gasteiger charge is 2.41. The second-order valence-electron chi connectivity index (χ2n) is 6.01. The number of halogens is 3. The van der Waals surface area contributed by atoms with Crippen molar-refractivity contribution in [1.82, 2.24) is 9.55 Å². The summed E-state index contributed by atoms with van der Waals surface area (Å²) in [5.41, 5.74) is 2.67. The molecule has 0 bridgehead atoms. The summed E-state index contributed by atoms with van der Waals surface area (Å²) in [7, 11) is 0. The van der Waals surface area contributed by atoms with Gasteiger partial charge in [0.15, 0.2) is 0 Å². The Morgan fingerprint density at radius 3 is 2.69 bits per heavy atom. The lowest BCUT2D eigenvalue weighted by atomic mass is 10.2. The average Bonchev–Trinajstić information content (AvgIpc) is 3.01. The quantitative estimate of drug-likeness (QED) is 0.396. The van der Waals surface area contributed by atoms with Crippen LogP contribution in [0.25, 0.3) is 0 Å². The highest BCUT2D eigenvalue weighted by Crippen LogP contribution is 2.29. The molecule has 2 rings (SSSR count). The van der Waals surface area contributed by atoms with Crippen LogP contribution in [-0.2, 0) is 19.1 Å². The van der Waals surface area contributed by atoms with Crippen LogP contribution < -0.4 is 17.0 Å². The van der Waals surface area contributed by atoms with Crippen molar-refractivity contribution in [2.45, 2.75) is 44.0 Å². The van der Waals surface area contributed by atoms with Gasteiger partial charge in [0.1, 0.15) is 30.0 Å². The smallest absolute Gasteiger partial charge is 0.452 e. The number of rotatable bonds is 4. The Labute approximate surface area is 160 Å². The minimum atomic E-state index is -5.19. The standard InChI is InChI=1S/C16H16F3N3O7/c1-7(24)28-10-4-12(29-11(10)6-23)22-5-8(14(26)21-15(22)27)2-3-9(20)13(25)16(17,18)19/h5,9-12,23H,4,6,20H2,1H3,(H,21,26,27)/t9?,10?,11-,12-/m0/s1. The molecule has 29 heavy (non-hydrogen) atoms. The van der Waals surface area contributed by atoms with Crippen molar-refractivity contribution in [2.24, 2.45) is 5.73 Å². The SMILES string of the molecule is CC(=O)OC1C[C@@H](n2cc(C#CC(N)C(=O)C(F)(F)F)c(=O)[nH]c2=O)O[C@H]1CO. The zero-order chi connectivity index (χ0) is 21.9. The maximum absolute atomic E-state index is 12.3. The molecular formula is C16H16F3N3O7. The van der Waals surface area contributed by atoms with Crippen LogP contribution in [0, 0.1) is 11.8 Å². The maximum atomic E-state index is 12.3. The molecule has 0 saturated carbocycles. The molecule has 4 N–H and O–H groups in total. The first-order valence-corrected chi connectivity index (χ1v) is 8.11. The second kappa shape index (κ2) is 8.60. The van der Waals surface area contributed by atoms with Crippen molar-refractivity contribution < 1.29 is 37.3 Å². The maximum Gasteiger partial charge on any atom is 0.452 e. The number of aliphatic hydroxyl groups excluding tert-OH is 1. The number of ketones is 1. The van der Waals surface area contributed by atoms with Gasteiger partial charge in [-0.15, -0.1) is 0 Å². The van der Waals surface area contributed by atoms with Gasteiger partial charge >= 0.3 is 17.8 Å². The lowest BCUT2D eigenvalue weighted by Crippen LogP contribution is -2.39. The summed E-state index contributed by atoms with van der Waals surface area (Å²) in [6.45, 7) is 0.626. The van der Waals surface area contributed by atoms with E-state index in [1.165, 1.54) is 0 Å². The first-order chi connectivity index (χ1) is 13.4. The molecule has 158 valence electrons. The largest absolute Gasteiger partial charge is 0.460 e. The molecule has 1 aromatic heterocycles. The number of carbonyl (C=O) groups excluding carboxylic acids is 2. The van der Waals surface area contributed by atoms with Crippen LogP contribution in [0.4, 0.5) is 13.2 Å². The molecule has 0 aliphatic carbocycles. The van der Waals surface area contributed by atoms with Gasteiger partial charge in [0.2, 0.25) is 0 Å². The van der Waals surface area contributed by atoms with Crippen molar-refractivity contribution in [3.05, 3.63) is 32.6 Å². The number of nitrogens with zero attached hydrogens (tertiary/aromatic N) is 1. The van der Waals surface area contributed by atoms with Gasteiger partial charge < -0.3 is 20.3 Å². The fraction of sp³-hybridized carbons (Fsp3) is 0.500. The van der Waals surface area contributed by atoms with Gasteiger partial charge in [0.05, 0.1) is 6.61 Å². The lowest BCUT2D eigenvalue weighted by molar-refractivity contribution is -0.171. The molecule has 2 unspecified atom stereocenters. The fourth-order valence-corrected chi connectivity index (χ4v) is 2.56. The Balaban J connectivity index is 2.33. The van der Waals surface area contributed by atoms with E-state index in [4.69, 9.17) is 15.2 Å². The molecule has 4 atom stereocenters. The molecule has 1 aromatic rings. The number of H-pyrrole nitrogens is 1.